The molecule has 1 aliphatic rings. The monoisotopic (exact) mass is 370 g/mol. The van der Waals surface area contributed by atoms with Gasteiger partial charge in [-0.15, -0.1) is 11.3 Å². The number of H-pyrrole nitrogens is 2. The second-order valence-corrected chi connectivity index (χ2v) is 7.83. The maximum atomic E-state index is 5.70. The molecule has 0 bridgehead atoms. The highest BCUT2D eigenvalue weighted by Gasteiger charge is 2.27. The standard InChI is InChI=1S/C20H14N6S/c21-18-4-2-11(8-22-18)16-6-13-17(27-16)7-14-19(25-26-20(13)14)10-1-3-15-12(5-10)9-23-24-15/h1-6,8-9H,7H2,(H2,21,22)(H,23,24)(H,25,26). The molecule has 1 aliphatic carbocycles. The zero-order valence-electron chi connectivity index (χ0n) is 14.2. The summed E-state index contributed by atoms with van der Waals surface area (Å²) >= 11 is 1.81. The van der Waals surface area contributed by atoms with Crippen molar-refractivity contribution in [3.63, 3.8) is 0 Å². The number of nitrogen functional groups attached to an aromatic ring is 1. The molecule has 130 valence electrons. The molecule has 4 aromatic heterocycles. The maximum Gasteiger partial charge on any atom is 0.123 e. The zero-order valence-corrected chi connectivity index (χ0v) is 15.0. The predicted molar refractivity (Wildman–Crippen MR) is 107 cm³/mol. The van der Waals surface area contributed by atoms with Crippen molar-refractivity contribution in [2.24, 2.45) is 0 Å². The maximum absolute atomic E-state index is 5.70. The molecule has 0 saturated carbocycles. The molecule has 0 radical (unpaired) electrons. The number of anilines is 1. The molecule has 27 heavy (non-hydrogen) atoms. The van der Waals surface area contributed by atoms with Gasteiger partial charge in [0.1, 0.15) is 5.82 Å². The van der Waals surface area contributed by atoms with Crippen molar-refractivity contribution >= 4 is 28.1 Å². The van der Waals surface area contributed by atoms with E-state index in [1.165, 1.54) is 20.9 Å². The summed E-state index contributed by atoms with van der Waals surface area (Å²) in [4.78, 5) is 6.76. The Kier molecular flexibility index (Phi) is 2.87. The fourth-order valence-electron chi connectivity index (χ4n) is 3.71. The molecular weight excluding hydrogens is 356 g/mol. The number of aromatic amines is 2. The molecule has 4 heterocycles. The van der Waals surface area contributed by atoms with Crippen molar-refractivity contribution in [1.29, 1.82) is 0 Å². The van der Waals surface area contributed by atoms with Crippen molar-refractivity contribution in [2.75, 3.05) is 5.73 Å². The molecule has 0 atom stereocenters. The van der Waals surface area contributed by atoms with Crippen LogP contribution in [0.3, 0.4) is 0 Å². The van der Waals surface area contributed by atoms with Crippen molar-refractivity contribution < 1.29 is 0 Å². The first-order valence-corrected chi connectivity index (χ1v) is 9.43. The fourth-order valence-corrected chi connectivity index (χ4v) is 4.88. The number of hydrogen-bond donors (Lipinski definition) is 3. The van der Waals surface area contributed by atoms with Crippen LogP contribution in [0.5, 0.6) is 0 Å². The van der Waals surface area contributed by atoms with E-state index in [1.807, 2.05) is 24.5 Å². The number of benzene rings is 1. The van der Waals surface area contributed by atoms with Gasteiger partial charge < -0.3 is 5.73 Å². The quantitative estimate of drug-likeness (QED) is 0.425. The number of thiophene rings is 1. The highest BCUT2D eigenvalue weighted by molar-refractivity contribution is 7.16. The van der Waals surface area contributed by atoms with Crippen LogP contribution in [0.25, 0.3) is 43.9 Å². The second kappa shape index (κ2) is 5.28. The van der Waals surface area contributed by atoms with Crippen LogP contribution in [0, 0.1) is 0 Å². The van der Waals surface area contributed by atoms with Crippen LogP contribution in [-0.2, 0) is 6.42 Å². The van der Waals surface area contributed by atoms with E-state index in [0.29, 0.717) is 5.82 Å². The molecule has 0 saturated heterocycles. The highest BCUT2D eigenvalue weighted by Crippen LogP contribution is 2.46. The number of aromatic nitrogens is 5. The minimum Gasteiger partial charge on any atom is -0.384 e. The molecule has 6 rings (SSSR count). The molecule has 6 nitrogen and oxygen atoms in total. The molecule has 4 N–H and O–H groups in total. The lowest BCUT2D eigenvalue weighted by molar-refractivity contribution is 1.10. The number of pyridine rings is 1. The van der Waals surface area contributed by atoms with Gasteiger partial charge in [0.25, 0.3) is 0 Å². The van der Waals surface area contributed by atoms with Gasteiger partial charge in [0.15, 0.2) is 0 Å². The topological polar surface area (TPSA) is 96.3 Å². The lowest BCUT2D eigenvalue weighted by Crippen LogP contribution is -1.88. The first kappa shape index (κ1) is 14.7. The molecular formula is C20H14N6S. The Morgan fingerprint density at radius 1 is 1.00 bits per heavy atom. The average Bonchev–Trinajstić information content (AvgIpc) is 3.42. The minimum absolute atomic E-state index is 0.540. The van der Waals surface area contributed by atoms with Gasteiger partial charge in [-0.3, -0.25) is 10.2 Å². The first-order valence-electron chi connectivity index (χ1n) is 8.62. The van der Waals surface area contributed by atoms with Crippen LogP contribution in [0.4, 0.5) is 5.82 Å². The van der Waals surface area contributed by atoms with Crippen LogP contribution < -0.4 is 5.73 Å². The Hall–Kier alpha value is -3.45. The van der Waals surface area contributed by atoms with Gasteiger partial charge in [-0.2, -0.15) is 10.2 Å². The van der Waals surface area contributed by atoms with E-state index in [2.05, 4.69) is 49.6 Å². The van der Waals surface area contributed by atoms with Crippen LogP contribution in [0.1, 0.15) is 10.4 Å². The summed E-state index contributed by atoms with van der Waals surface area (Å²) in [5.74, 6) is 0.540. The predicted octanol–water partition coefficient (Wildman–Crippen LogP) is 4.23. The van der Waals surface area contributed by atoms with E-state index < -0.39 is 0 Å². The van der Waals surface area contributed by atoms with Crippen LogP contribution in [0.15, 0.2) is 48.8 Å². The summed E-state index contributed by atoms with van der Waals surface area (Å²) < 4.78 is 0. The van der Waals surface area contributed by atoms with Gasteiger partial charge in [0.05, 0.1) is 23.1 Å². The lowest BCUT2D eigenvalue weighted by Gasteiger charge is -2.01. The fraction of sp³-hybridized carbons (Fsp3) is 0.0500. The summed E-state index contributed by atoms with van der Waals surface area (Å²) in [6.45, 7) is 0. The summed E-state index contributed by atoms with van der Waals surface area (Å²) in [5, 5.41) is 16.0. The third kappa shape index (κ3) is 2.15. The van der Waals surface area contributed by atoms with Gasteiger partial charge in [-0.25, -0.2) is 4.98 Å². The van der Waals surface area contributed by atoms with Gasteiger partial charge >= 0.3 is 0 Å². The third-order valence-corrected chi connectivity index (χ3v) is 6.25. The van der Waals surface area contributed by atoms with E-state index in [9.17, 15) is 0 Å². The van der Waals surface area contributed by atoms with Gasteiger partial charge in [0.2, 0.25) is 0 Å². The minimum atomic E-state index is 0.540. The van der Waals surface area contributed by atoms with Gasteiger partial charge in [-0.1, -0.05) is 6.07 Å². The molecule has 0 amide bonds. The summed E-state index contributed by atoms with van der Waals surface area (Å²) in [6.07, 6.45) is 4.57. The zero-order chi connectivity index (χ0) is 18.0. The van der Waals surface area contributed by atoms with E-state index in [0.717, 1.165) is 39.8 Å². The largest absolute Gasteiger partial charge is 0.384 e. The molecule has 0 unspecified atom stereocenters. The van der Waals surface area contributed by atoms with Gasteiger partial charge in [0, 0.05) is 50.0 Å². The average molecular weight is 370 g/mol. The Bertz CT molecular complexity index is 1310. The first-order chi connectivity index (χ1) is 13.3. The Balaban J connectivity index is 1.42. The second-order valence-electron chi connectivity index (χ2n) is 6.69. The summed E-state index contributed by atoms with van der Waals surface area (Å²) in [5.41, 5.74) is 13.6. The van der Waals surface area contributed by atoms with E-state index in [4.69, 9.17) is 5.73 Å². The molecule has 7 heteroatoms. The Labute approximate surface area is 158 Å². The molecule has 1 aromatic carbocycles. The van der Waals surface area contributed by atoms with Crippen molar-refractivity contribution in [1.82, 2.24) is 25.4 Å². The van der Waals surface area contributed by atoms with Gasteiger partial charge in [-0.05, 0) is 30.3 Å². The van der Waals surface area contributed by atoms with Crippen LogP contribution >= 0.6 is 11.3 Å². The number of nitrogens with zero attached hydrogens (tertiary/aromatic N) is 3. The van der Waals surface area contributed by atoms with Crippen molar-refractivity contribution in [2.45, 2.75) is 6.42 Å². The normalized spacial score (nSPS) is 12.4. The number of fused-ring (bicyclic) bond motifs is 4. The van der Waals surface area contributed by atoms with Crippen molar-refractivity contribution in [3.05, 3.63) is 59.2 Å². The van der Waals surface area contributed by atoms with E-state index in [1.54, 1.807) is 11.3 Å². The lowest BCUT2D eigenvalue weighted by atomic mass is 10.0. The molecule has 0 spiro atoms. The number of hydrogen-bond acceptors (Lipinski definition) is 5. The van der Waals surface area contributed by atoms with Crippen LogP contribution in [0.2, 0.25) is 0 Å². The summed E-state index contributed by atoms with van der Waals surface area (Å²) in [6, 6.07) is 12.4. The third-order valence-electron chi connectivity index (χ3n) is 5.07. The number of rotatable bonds is 2. The summed E-state index contributed by atoms with van der Waals surface area (Å²) in [7, 11) is 0. The van der Waals surface area contributed by atoms with E-state index in [-0.39, 0.29) is 0 Å². The molecule has 5 aromatic rings. The van der Waals surface area contributed by atoms with Crippen molar-refractivity contribution in [3.8, 4) is 33.0 Å². The van der Waals surface area contributed by atoms with Crippen LogP contribution in [-0.4, -0.2) is 25.4 Å². The SMILES string of the molecule is Nc1ccc(-c2cc3c(s2)Cc2c(-c4ccc5[nH]ncc5c4)n[nH]c2-3)cn1. The Morgan fingerprint density at radius 3 is 2.81 bits per heavy atom. The smallest absolute Gasteiger partial charge is 0.123 e. The highest BCUT2D eigenvalue weighted by atomic mass is 32.1. The molecule has 0 aliphatic heterocycles. The van der Waals surface area contributed by atoms with E-state index >= 15 is 0 Å². The number of nitrogens with two attached hydrogens (primary N) is 1. The Morgan fingerprint density at radius 2 is 1.93 bits per heavy atom. The number of nitrogens with one attached hydrogen (secondary N) is 2. The molecule has 0 fully saturated rings.